The molecule has 0 atom stereocenters. The predicted molar refractivity (Wildman–Crippen MR) is 60.8 cm³/mol. The van der Waals surface area contributed by atoms with Gasteiger partial charge in [-0.3, -0.25) is 0 Å². The summed E-state index contributed by atoms with van der Waals surface area (Å²) in [6.07, 6.45) is 6.06. The minimum absolute atomic E-state index is 0.0401. The van der Waals surface area contributed by atoms with Crippen LogP contribution in [-0.2, 0) is 0 Å². The first-order valence-corrected chi connectivity index (χ1v) is 5.56. The third-order valence-corrected chi connectivity index (χ3v) is 2.22. The number of rotatable bonds is 7. The number of pyridine rings is 1. The predicted octanol–water partition coefficient (Wildman–Crippen LogP) is 2.74. The van der Waals surface area contributed by atoms with E-state index in [-0.39, 0.29) is 5.69 Å². The lowest BCUT2D eigenvalue weighted by molar-refractivity contribution is 0.0690. The van der Waals surface area contributed by atoms with Crippen LogP contribution in [0.4, 0.5) is 0 Å². The third kappa shape index (κ3) is 4.29. The highest BCUT2D eigenvalue weighted by Crippen LogP contribution is 2.10. The fraction of sp³-hybridized carbons (Fsp3) is 0.500. The van der Waals surface area contributed by atoms with Crippen LogP contribution >= 0.6 is 0 Å². The highest BCUT2D eigenvalue weighted by atomic mass is 16.5. The van der Waals surface area contributed by atoms with E-state index < -0.39 is 5.97 Å². The van der Waals surface area contributed by atoms with Crippen molar-refractivity contribution < 1.29 is 14.6 Å². The Labute approximate surface area is 95.3 Å². The summed E-state index contributed by atoms with van der Waals surface area (Å²) in [5.41, 5.74) is 0.0401. The van der Waals surface area contributed by atoms with Gasteiger partial charge in [0, 0.05) is 0 Å². The van der Waals surface area contributed by atoms with Crippen molar-refractivity contribution in [2.75, 3.05) is 6.61 Å². The van der Waals surface area contributed by atoms with Crippen molar-refractivity contribution in [3.8, 4) is 5.75 Å². The summed E-state index contributed by atoms with van der Waals surface area (Å²) in [6.45, 7) is 2.82. The third-order valence-electron chi connectivity index (χ3n) is 2.22. The van der Waals surface area contributed by atoms with Gasteiger partial charge in [0.25, 0.3) is 0 Å². The smallest absolute Gasteiger partial charge is 0.354 e. The van der Waals surface area contributed by atoms with E-state index in [1.807, 2.05) is 0 Å². The van der Waals surface area contributed by atoms with Crippen LogP contribution in [-0.4, -0.2) is 22.7 Å². The second-order valence-electron chi connectivity index (χ2n) is 3.59. The van der Waals surface area contributed by atoms with Gasteiger partial charge < -0.3 is 9.84 Å². The number of carbonyl (C=O) groups is 1. The molecule has 0 saturated heterocycles. The van der Waals surface area contributed by atoms with Crippen LogP contribution in [0.1, 0.15) is 43.1 Å². The average molecular weight is 223 g/mol. The topological polar surface area (TPSA) is 59.4 Å². The molecule has 0 spiro atoms. The summed E-state index contributed by atoms with van der Waals surface area (Å²) in [4.78, 5) is 14.3. The molecule has 0 radical (unpaired) electrons. The highest BCUT2D eigenvalue weighted by molar-refractivity contribution is 5.85. The largest absolute Gasteiger partial charge is 0.492 e. The zero-order valence-electron chi connectivity index (χ0n) is 9.48. The van der Waals surface area contributed by atoms with Crippen molar-refractivity contribution in [3.05, 3.63) is 24.0 Å². The van der Waals surface area contributed by atoms with Crippen LogP contribution in [0.15, 0.2) is 18.3 Å². The molecule has 16 heavy (non-hydrogen) atoms. The van der Waals surface area contributed by atoms with Gasteiger partial charge in [-0.05, 0) is 18.6 Å². The standard InChI is InChI=1S/C12H17NO3/c1-2-3-4-5-8-16-10-6-7-11(12(14)15)13-9-10/h6-7,9H,2-5,8H2,1H3,(H,14,15). The van der Waals surface area contributed by atoms with Gasteiger partial charge in [0.05, 0.1) is 12.8 Å². The molecule has 1 aromatic heterocycles. The molecule has 0 bridgehead atoms. The van der Waals surface area contributed by atoms with Gasteiger partial charge in [-0.1, -0.05) is 26.2 Å². The molecule has 1 N–H and O–H groups in total. The molecule has 0 aliphatic heterocycles. The SMILES string of the molecule is CCCCCCOc1ccc(C(=O)O)nc1. The molecule has 0 saturated carbocycles. The summed E-state index contributed by atoms with van der Waals surface area (Å²) in [5, 5.41) is 8.65. The van der Waals surface area contributed by atoms with E-state index in [0.29, 0.717) is 12.4 Å². The maximum absolute atomic E-state index is 10.5. The first-order valence-electron chi connectivity index (χ1n) is 5.56. The fourth-order valence-electron chi connectivity index (χ4n) is 1.31. The molecule has 1 heterocycles. The van der Waals surface area contributed by atoms with Gasteiger partial charge in [0.2, 0.25) is 0 Å². The number of hydrogen-bond donors (Lipinski definition) is 1. The van der Waals surface area contributed by atoms with E-state index in [2.05, 4.69) is 11.9 Å². The second-order valence-corrected chi connectivity index (χ2v) is 3.59. The van der Waals surface area contributed by atoms with Crippen LogP contribution in [0, 0.1) is 0 Å². The van der Waals surface area contributed by atoms with Crippen molar-refractivity contribution in [2.45, 2.75) is 32.6 Å². The summed E-state index contributed by atoms with van der Waals surface area (Å²) in [7, 11) is 0. The fourth-order valence-corrected chi connectivity index (χ4v) is 1.31. The minimum atomic E-state index is -1.02. The molecule has 0 fully saturated rings. The molecule has 4 heteroatoms. The Kier molecular flexibility index (Phi) is 5.32. The zero-order valence-corrected chi connectivity index (χ0v) is 9.48. The Bertz CT molecular complexity index is 322. The second kappa shape index (κ2) is 6.82. The molecule has 0 aliphatic rings. The quantitative estimate of drug-likeness (QED) is 0.722. The Morgan fingerprint density at radius 3 is 2.75 bits per heavy atom. The van der Waals surface area contributed by atoms with E-state index in [1.54, 1.807) is 6.07 Å². The van der Waals surface area contributed by atoms with Crippen molar-refractivity contribution >= 4 is 5.97 Å². The van der Waals surface area contributed by atoms with Crippen LogP contribution in [0.3, 0.4) is 0 Å². The lowest BCUT2D eigenvalue weighted by atomic mass is 10.2. The lowest BCUT2D eigenvalue weighted by Gasteiger charge is -2.05. The molecule has 0 unspecified atom stereocenters. The summed E-state index contributed by atoms with van der Waals surface area (Å²) in [6, 6.07) is 3.08. The molecule has 0 aliphatic carbocycles. The highest BCUT2D eigenvalue weighted by Gasteiger charge is 2.03. The minimum Gasteiger partial charge on any atom is -0.492 e. The number of carboxylic acid groups (broad SMARTS) is 1. The van der Waals surface area contributed by atoms with Gasteiger partial charge >= 0.3 is 5.97 Å². The molecule has 88 valence electrons. The molecule has 1 aromatic rings. The van der Waals surface area contributed by atoms with Crippen molar-refractivity contribution in [1.82, 2.24) is 4.98 Å². The van der Waals surface area contributed by atoms with Crippen LogP contribution in [0.25, 0.3) is 0 Å². The van der Waals surface area contributed by atoms with Crippen LogP contribution in [0.5, 0.6) is 5.75 Å². The normalized spacial score (nSPS) is 10.1. The maximum Gasteiger partial charge on any atom is 0.354 e. The molecule has 4 nitrogen and oxygen atoms in total. The van der Waals surface area contributed by atoms with Crippen molar-refractivity contribution in [1.29, 1.82) is 0 Å². The number of unbranched alkanes of at least 4 members (excludes halogenated alkanes) is 3. The Morgan fingerprint density at radius 1 is 1.38 bits per heavy atom. The summed E-state index contributed by atoms with van der Waals surface area (Å²) < 4.78 is 5.43. The monoisotopic (exact) mass is 223 g/mol. The number of ether oxygens (including phenoxy) is 1. The van der Waals surface area contributed by atoms with Gasteiger partial charge in [-0.2, -0.15) is 0 Å². The van der Waals surface area contributed by atoms with E-state index >= 15 is 0 Å². The Morgan fingerprint density at radius 2 is 2.19 bits per heavy atom. The molecule has 0 aromatic carbocycles. The Balaban J connectivity index is 2.29. The summed E-state index contributed by atoms with van der Waals surface area (Å²) in [5.74, 6) is -0.393. The lowest BCUT2D eigenvalue weighted by Crippen LogP contribution is -2.01. The van der Waals surface area contributed by atoms with Gasteiger partial charge in [-0.25, -0.2) is 9.78 Å². The summed E-state index contributed by atoms with van der Waals surface area (Å²) >= 11 is 0. The Hall–Kier alpha value is -1.58. The molecule has 0 amide bonds. The van der Waals surface area contributed by atoms with Crippen LogP contribution < -0.4 is 4.74 Å². The molecular weight excluding hydrogens is 206 g/mol. The molecular formula is C12H17NO3. The zero-order chi connectivity index (χ0) is 11.8. The van der Waals surface area contributed by atoms with E-state index in [0.717, 1.165) is 12.8 Å². The van der Waals surface area contributed by atoms with Gasteiger partial charge in [-0.15, -0.1) is 0 Å². The first-order chi connectivity index (χ1) is 7.74. The van der Waals surface area contributed by atoms with E-state index in [9.17, 15) is 4.79 Å². The maximum atomic E-state index is 10.5. The number of carboxylic acids is 1. The number of aromatic nitrogens is 1. The van der Waals surface area contributed by atoms with Gasteiger partial charge in [0.15, 0.2) is 0 Å². The van der Waals surface area contributed by atoms with Crippen LogP contribution in [0.2, 0.25) is 0 Å². The number of aromatic carboxylic acids is 1. The number of nitrogens with zero attached hydrogens (tertiary/aromatic N) is 1. The van der Waals surface area contributed by atoms with Crippen molar-refractivity contribution in [2.24, 2.45) is 0 Å². The first kappa shape index (κ1) is 12.5. The molecule has 1 rings (SSSR count). The average Bonchev–Trinajstić information content (AvgIpc) is 2.29. The van der Waals surface area contributed by atoms with Gasteiger partial charge in [0.1, 0.15) is 11.4 Å². The van der Waals surface area contributed by atoms with E-state index in [4.69, 9.17) is 9.84 Å². The van der Waals surface area contributed by atoms with Crippen molar-refractivity contribution in [3.63, 3.8) is 0 Å². The van der Waals surface area contributed by atoms with E-state index in [1.165, 1.54) is 25.1 Å². The number of hydrogen-bond acceptors (Lipinski definition) is 3.